The molecule has 0 bridgehead atoms. The maximum atomic E-state index is 11.9. The Morgan fingerprint density at radius 3 is 2.95 bits per heavy atom. The van der Waals surface area contributed by atoms with Gasteiger partial charge in [0.25, 0.3) is 5.56 Å². The van der Waals surface area contributed by atoms with Crippen molar-refractivity contribution >= 4 is 40.0 Å². The lowest BCUT2D eigenvalue weighted by molar-refractivity contribution is 0.0702. The molecular weight excluding hydrogens is 308 g/mol. The van der Waals surface area contributed by atoms with Crippen molar-refractivity contribution in [3.8, 4) is 0 Å². The number of H-pyrrole nitrogens is 1. The van der Waals surface area contributed by atoms with Gasteiger partial charge in [0, 0.05) is 10.3 Å². The number of nitrogens with one attached hydrogen (secondary N) is 1. The second kappa shape index (κ2) is 5.71. The van der Waals surface area contributed by atoms with Gasteiger partial charge in [-0.1, -0.05) is 12.1 Å². The Morgan fingerprint density at radius 2 is 2.19 bits per heavy atom. The average Bonchev–Trinajstić information content (AvgIpc) is 2.94. The number of thiophene rings is 1. The van der Waals surface area contributed by atoms with Crippen LogP contribution in [0.1, 0.15) is 15.5 Å². The Labute approximate surface area is 127 Å². The third kappa shape index (κ3) is 2.98. The van der Waals surface area contributed by atoms with Gasteiger partial charge in [-0.2, -0.15) is 0 Å². The third-order valence-corrected chi connectivity index (χ3v) is 4.88. The second-order valence-electron chi connectivity index (χ2n) is 4.27. The van der Waals surface area contributed by atoms with E-state index < -0.39 is 5.97 Å². The van der Waals surface area contributed by atoms with Crippen molar-refractivity contribution in [2.75, 3.05) is 0 Å². The topological polar surface area (TPSA) is 83.0 Å². The number of fused-ring (bicyclic) bond motifs is 1. The van der Waals surface area contributed by atoms with Crippen LogP contribution in [0, 0.1) is 0 Å². The summed E-state index contributed by atoms with van der Waals surface area (Å²) >= 11 is 2.63. The summed E-state index contributed by atoms with van der Waals surface area (Å²) in [4.78, 5) is 31.1. The van der Waals surface area contributed by atoms with Crippen molar-refractivity contribution in [3.05, 3.63) is 56.8 Å². The lowest BCUT2D eigenvalue weighted by atomic mass is 10.2. The van der Waals surface area contributed by atoms with E-state index in [0.29, 0.717) is 27.4 Å². The van der Waals surface area contributed by atoms with Gasteiger partial charge in [0.1, 0.15) is 10.7 Å². The molecule has 0 aliphatic heterocycles. The van der Waals surface area contributed by atoms with E-state index in [-0.39, 0.29) is 5.56 Å². The molecule has 0 spiro atoms. The number of carboxylic acids is 1. The number of hydrogen-bond donors (Lipinski definition) is 2. The van der Waals surface area contributed by atoms with Crippen molar-refractivity contribution in [3.63, 3.8) is 0 Å². The fourth-order valence-electron chi connectivity index (χ4n) is 1.86. The first-order valence-electron chi connectivity index (χ1n) is 6.06. The summed E-state index contributed by atoms with van der Waals surface area (Å²) in [7, 11) is 0. The van der Waals surface area contributed by atoms with Crippen molar-refractivity contribution in [1.82, 2.24) is 9.97 Å². The monoisotopic (exact) mass is 318 g/mol. The van der Waals surface area contributed by atoms with Crippen LogP contribution in [-0.2, 0) is 5.75 Å². The van der Waals surface area contributed by atoms with Crippen LogP contribution in [-0.4, -0.2) is 21.0 Å². The number of hydrogen-bond acceptors (Lipinski definition) is 5. The van der Waals surface area contributed by atoms with Gasteiger partial charge in [0.2, 0.25) is 0 Å². The van der Waals surface area contributed by atoms with E-state index in [9.17, 15) is 9.59 Å². The van der Waals surface area contributed by atoms with Crippen molar-refractivity contribution in [2.24, 2.45) is 0 Å². The highest BCUT2D eigenvalue weighted by molar-refractivity contribution is 7.98. The first kappa shape index (κ1) is 13.8. The summed E-state index contributed by atoms with van der Waals surface area (Å²) < 4.78 is 0. The largest absolute Gasteiger partial charge is 0.477 e. The van der Waals surface area contributed by atoms with E-state index >= 15 is 0 Å². The molecule has 0 aliphatic rings. The summed E-state index contributed by atoms with van der Waals surface area (Å²) in [6, 6.07) is 8.79. The van der Waals surface area contributed by atoms with E-state index in [1.54, 1.807) is 29.6 Å². The molecule has 3 rings (SSSR count). The molecular formula is C14H10N2O3S2. The molecule has 0 unspecified atom stereocenters. The van der Waals surface area contributed by atoms with Crippen LogP contribution >= 0.6 is 23.1 Å². The molecule has 1 aromatic carbocycles. The predicted molar refractivity (Wildman–Crippen MR) is 83.2 cm³/mol. The van der Waals surface area contributed by atoms with Crippen molar-refractivity contribution in [1.29, 1.82) is 0 Å². The van der Waals surface area contributed by atoms with E-state index in [1.165, 1.54) is 23.1 Å². The van der Waals surface area contributed by atoms with Gasteiger partial charge in [-0.3, -0.25) is 4.79 Å². The zero-order chi connectivity index (χ0) is 14.8. The molecule has 0 aliphatic carbocycles. The number of rotatable bonds is 4. The number of carboxylic acid groups (broad SMARTS) is 1. The highest BCUT2D eigenvalue weighted by Gasteiger charge is 2.08. The predicted octanol–water partition coefficient (Wildman–Crippen LogP) is 2.98. The number of carbonyl (C=O) groups is 1. The quantitative estimate of drug-likeness (QED) is 0.723. The fourth-order valence-corrected chi connectivity index (χ4v) is 3.60. The number of para-hydroxylation sites is 1. The summed E-state index contributed by atoms with van der Waals surface area (Å²) in [5.74, 6) is 0.131. The molecule has 0 amide bonds. The minimum Gasteiger partial charge on any atom is -0.477 e. The summed E-state index contributed by atoms with van der Waals surface area (Å²) in [6.45, 7) is 0. The standard InChI is InChI=1S/C14H10N2O3S2/c17-13-9-3-1-2-4-10(9)15-12(16-13)7-20-8-5-11(14(18)19)21-6-8/h1-6H,7H2,(H,18,19)(H,15,16,17). The first-order chi connectivity index (χ1) is 10.1. The van der Waals surface area contributed by atoms with Gasteiger partial charge >= 0.3 is 5.97 Å². The maximum absolute atomic E-state index is 11.9. The zero-order valence-corrected chi connectivity index (χ0v) is 12.3. The molecule has 21 heavy (non-hydrogen) atoms. The van der Waals surface area contributed by atoms with Gasteiger partial charge in [0.05, 0.1) is 16.7 Å². The number of aromatic nitrogens is 2. The number of aromatic carboxylic acids is 1. The average molecular weight is 318 g/mol. The molecule has 7 heteroatoms. The van der Waals surface area contributed by atoms with Crippen LogP contribution in [0.5, 0.6) is 0 Å². The van der Waals surface area contributed by atoms with E-state index in [0.717, 1.165) is 4.90 Å². The lowest BCUT2D eigenvalue weighted by Gasteiger charge is -2.01. The minimum absolute atomic E-state index is 0.159. The molecule has 2 aromatic heterocycles. The number of aromatic amines is 1. The Bertz CT molecular complexity index is 870. The molecule has 5 nitrogen and oxygen atoms in total. The smallest absolute Gasteiger partial charge is 0.345 e. The SMILES string of the molecule is O=C(O)c1cc(SCc2nc3ccccc3c(=O)[nH]2)cs1. The second-order valence-corrected chi connectivity index (χ2v) is 6.23. The highest BCUT2D eigenvalue weighted by Crippen LogP contribution is 2.27. The van der Waals surface area contributed by atoms with Crippen LogP contribution in [0.2, 0.25) is 0 Å². The molecule has 0 fully saturated rings. The molecule has 0 atom stereocenters. The highest BCUT2D eigenvalue weighted by atomic mass is 32.2. The van der Waals surface area contributed by atoms with Crippen molar-refractivity contribution in [2.45, 2.75) is 10.6 Å². The van der Waals surface area contributed by atoms with Crippen LogP contribution in [0.3, 0.4) is 0 Å². The lowest BCUT2D eigenvalue weighted by Crippen LogP contribution is -2.11. The molecule has 0 saturated carbocycles. The van der Waals surface area contributed by atoms with E-state index in [1.807, 2.05) is 6.07 Å². The number of benzene rings is 1. The molecule has 2 heterocycles. The van der Waals surface area contributed by atoms with Gasteiger partial charge in [-0.05, 0) is 18.2 Å². The van der Waals surface area contributed by atoms with Gasteiger partial charge in [-0.25, -0.2) is 9.78 Å². The van der Waals surface area contributed by atoms with E-state index in [2.05, 4.69) is 9.97 Å². The van der Waals surface area contributed by atoms with Gasteiger partial charge in [-0.15, -0.1) is 23.1 Å². The van der Waals surface area contributed by atoms with Crippen molar-refractivity contribution < 1.29 is 9.90 Å². The van der Waals surface area contributed by atoms with Gasteiger partial charge < -0.3 is 10.1 Å². The fraction of sp³-hybridized carbons (Fsp3) is 0.0714. The zero-order valence-electron chi connectivity index (χ0n) is 10.7. The first-order valence-corrected chi connectivity index (χ1v) is 7.92. The Kier molecular flexibility index (Phi) is 3.76. The van der Waals surface area contributed by atoms with Crippen LogP contribution in [0.25, 0.3) is 10.9 Å². The third-order valence-electron chi connectivity index (χ3n) is 2.82. The molecule has 0 saturated heterocycles. The number of nitrogens with zero attached hydrogens (tertiary/aromatic N) is 1. The Hall–Kier alpha value is -2.12. The van der Waals surface area contributed by atoms with Gasteiger partial charge in [0.15, 0.2) is 0 Å². The van der Waals surface area contributed by atoms with E-state index in [4.69, 9.17) is 5.11 Å². The summed E-state index contributed by atoms with van der Waals surface area (Å²) in [5, 5.41) is 11.2. The van der Waals surface area contributed by atoms with Crippen LogP contribution in [0.15, 0.2) is 45.4 Å². The van der Waals surface area contributed by atoms with Crippen LogP contribution < -0.4 is 5.56 Å². The minimum atomic E-state index is -0.927. The molecule has 2 N–H and O–H groups in total. The molecule has 106 valence electrons. The maximum Gasteiger partial charge on any atom is 0.345 e. The summed E-state index contributed by atoms with van der Waals surface area (Å²) in [5.41, 5.74) is 0.501. The summed E-state index contributed by atoms with van der Waals surface area (Å²) in [6.07, 6.45) is 0. The Morgan fingerprint density at radius 1 is 1.38 bits per heavy atom. The van der Waals surface area contributed by atoms with Crippen LogP contribution in [0.4, 0.5) is 0 Å². The normalized spacial score (nSPS) is 10.9. The number of thioether (sulfide) groups is 1. The molecule has 0 radical (unpaired) electrons. The Balaban J connectivity index is 1.81. The molecule has 3 aromatic rings.